The number of hydrogen-bond acceptors (Lipinski definition) is 2. The van der Waals surface area contributed by atoms with Crippen LogP contribution in [-0.2, 0) is 17.4 Å². The molecule has 0 heterocycles. The van der Waals surface area contributed by atoms with E-state index in [-0.39, 0.29) is 58.2 Å². The number of rotatable bonds is 1. The third-order valence-corrected chi connectivity index (χ3v) is 1.13. The number of para-hydroxylation sites is 1. The van der Waals surface area contributed by atoms with Gasteiger partial charge in [0.15, 0.2) is 0 Å². The van der Waals surface area contributed by atoms with Crippen molar-refractivity contribution >= 4 is 35.5 Å². The van der Waals surface area contributed by atoms with Crippen molar-refractivity contribution in [3.63, 3.8) is 0 Å². The summed E-state index contributed by atoms with van der Waals surface area (Å²) in [7, 11) is 0. The zero-order valence-electron chi connectivity index (χ0n) is 6.52. The molecule has 0 atom stereocenters. The molecular weight excluding hydrogens is 207 g/mol. The number of hydrogen-bond donors (Lipinski definition) is 2. The first-order valence-corrected chi connectivity index (χ1v) is 2.73. The quantitative estimate of drug-likeness (QED) is 0.675. The number of benzene rings is 1. The summed E-state index contributed by atoms with van der Waals surface area (Å²) in [5, 5.41) is 17.3. The van der Waals surface area contributed by atoms with Crippen LogP contribution in [0.1, 0.15) is 10.4 Å². The van der Waals surface area contributed by atoms with Crippen molar-refractivity contribution in [1.29, 1.82) is 0 Å². The molecule has 0 unspecified atom stereocenters. The third kappa shape index (κ3) is 3.62. The smallest absolute Gasteiger partial charge is 0.339 e. The van der Waals surface area contributed by atoms with Crippen LogP contribution in [0.5, 0.6) is 5.75 Å². The van der Waals surface area contributed by atoms with Crippen molar-refractivity contribution in [2.24, 2.45) is 0 Å². The molecular formula is C7H6CrNaO3. The maximum absolute atomic E-state index is 10.3. The van der Waals surface area contributed by atoms with Gasteiger partial charge in [0.2, 0.25) is 0 Å². The number of aromatic carboxylic acids is 1. The third-order valence-electron chi connectivity index (χ3n) is 1.13. The molecule has 0 aliphatic carbocycles. The first kappa shape index (κ1) is 14.5. The molecule has 0 saturated carbocycles. The molecule has 0 spiro atoms. The largest absolute Gasteiger partial charge is 0.507 e. The summed E-state index contributed by atoms with van der Waals surface area (Å²) in [6.07, 6.45) is 0. The minimum atomic E-state index is -1.11. The molecule has 1 aromatic rings. The fourth-order valence-corrected chi connectivity index (χ4v) is 0.654. The normalized spacial score (nSPS) is 7.67. The van der Waals surface area contributed by atoms with Crippen molar-refractivity contribution in [3.8, 4) is 5.75 Å². The number of carboxylic acid groups (broad SMARTS) is 1. The molecule has 59 valence electrons. The van der Waals surface area contributed by atoms with Gasteiger partial charge in [0, 0.05) is 46.9 Å². The van der Waals surface area contributed by atoms with E-state index in [0.29, 0.717) is 0 Å². The van der Waals surface area contributed by atoms with Gasteiger partial charge in [0.1, 0.15) is 11.3 Å². The second kappa shape index (κ2) is 6.53. The van der Waals surface area contributed by atoms with Gasteiger partial charge in [-0.1, -0.05) is 12.1 Å². The molecule has 0 bridgehead atoms. The minimum Gasteiger partial charge on any atom is -0.507 e. The van der Waals surface area contributed by atoms with Crippen LogP contribution >= 0.6 is 0 Å². The second-order valence-corrected chi connectivity index (χ2v) is 1.82. The maximum atomic E-state index is 10.3. The molecule has 3 nitrogen and oxygen atoms in total. The molecule has 0 aromatic heterocycles. The van der Waals surface area contributed by atoms with Crippen LogP contribution in [0.2, 0.25) is 0 Å². The Morgan fingerprint density at radius 2 is 1.75 bits per heavy atom. The van der Waals surface area contributed by atoms with Gasteiger partial charge >= 0.3 is 5.97 Å². The van der Waals surface area contributed by atoms with E-state index in [1.807, 2.05) is 0 Å². The second-order valence-electron chi connectivity index (χ2n) is 1.82. The molecule has 0 aliphatic rings. The predicted molar refractivity (Wildman–Crippen MR) is 40.8 cm³/mol. The Kier molecular flexibility index (Phi) is 7.91. The summed E-state index contributed by atoms with van der Waals surface area (Å²) in [6.45, 7) is 0. The van der Waals surface area contributed by atoms with E-state index in [1.165, 1.54) is 12.1 Å². The fourth-order valence-electron chi connectivity index (χ4n) is 0.654. The minimum absolute atomic E-state index is 0. The molecule has 1 aromatic carbocycles. The van der Waals surface area contributed by atoms with Gasteiger partial charge in [0.25, 0.3) is 0 Å². The summed E-state index contributed by atoms with van der Waals surface area (Å²) in [5.74, 6) is -1.31. The number of carboxylic acids is 1. The Hall–Kier alpha value is 0.0225. The molecule has 12 heavy (non-hydrogen) atoms. The van der Waals surface area contributed by atoms with Gasteiger partial charge in [-0.05, 0) is 12.1 Å². The van der Waals surface area contributed by atoms with Crippen molar-refractivity contribution in [3.05, 3.63) is 29.8 Å². The van der Waals surface area contributed by atoms with Gasteiger partial charge < -0.3 is 10.2 Å². The summed E-state index contributed by atoms with van der Waals surface area (Å²) in [5.41, 5.74) is -0.0671. The molecule has 0 fully saturated rings. The molecule has 0 amide bonds. The Morgan fingerprint density at radius 1 is 1.25 bits per heavy atom. The van der Waals surface area contributed by atoms with Gasteiger partial charge in [-0.25, -0.2) is 4.79 Å². The van der Waals surface area contributed by atoms with E-state index < -0.39 is 5.97 Å². The van der Waals surface area contributed by atoms with Crippen LogP contribution in [-0.4, -0.2) is 45.7 Å². The molecule has 0 aliphatic heterocycles. The molecule has 1 rings (SSSR count). The zero-order chi connectivity index (χ0) is 7.56. The van der Waals surface area contributed by atoms with Gasteiger partial charge in [-0.2, -0.15) is 0 Å². The van der Waals surface area contributed by atoms with E-state index in [9.17, 15) is 4.79 Å². The van der Waals surface area contributed by atoms with Crippen LogP contribution in [0.25, 0.3) is 0 Å². The van der Waals surface area contributed by atoms with E-state index in [4.69, 9.17) is 10.2 Å². The first-order valence-electron chi connectivity index (χ1n) is 2.73. The molecule has 5 heteroatoms. The number of carbonyl (C=O) groups is 1. The first-order chi connectivity index (χ1) is 4.72. The van der Waals surface area contributed by atoms with Crippen molar-refractivity contribution in [2.45, 2.75) is 0 Å². The average molecular weight is 213 g/mol. The Labute approximate surface area is 103 Å². The summed E-state index contributed by atoms with van der Waals surface area (Å²) < 4.78 is 0. The summed E-state index contributed by atoms with van der Waals surface area (Å²) >= 11 is 0. The number of phenols is 1. The molecule has 2 N–H and O–H groups in total. The van der Waals surface area contributed by atoms with Crippen LogP contribution < -0.4 is 0 Å². The molecule has 0 saturated heterocycles. The Morgan fingerprint density at radius 3 is 2.08 bits per heavy atom. The monoisotopic (exact) mass is 213 g/mol. The van der Waals surface area contributed by atoms with Crippen molar-refractivity contribution in [2.75, 3.05) is 0 Å². The van der Waals surface area contributed by atoms with Crippen LogP contribution in [0.15, 0.2) is 24.3 Å². The zero-order valence-corrected chi connectivity index (χ0v) is 9.80. The maximum Gasteiger partial charge on any atom is 0.339 e. The van der Waals surface area contributed by atoms with E-state index in [2.05, 4.69) is 0 Å². The predicted octanol–water partition coefficient (Wildman–Crippen LogP) is 0.707. The topological polar surface area (TPSA) is 57.5 Å². The van der Waals surface area contributed by atoms with E-state index >= 15 is 0 Å². The van der Waals surface area contributed by atoms with Crippen LogP contribution in [0.4, 0.5) is 0 Å². The number of aromatic hydroxyl groups is 1. The van der Waals surface area contributed by atoms with Gasteiger partial charge in [0.05, 0.1) is 0 Å². The summed E-state index contributed by atoms with van der Waals surface area (Å²) in [4.78, 5) is 10.3. The van der Waals surface area contributed by atoms with Crippen LogP contribution in [0.3, 0.4) is 0 Å². The molecule has 1 radical (unpaired) electrons. The average Bonchev–Trinajstić information content (AvgIpc) is 1.88. The van der Waals surface area contributed by atoms with E-state index in [0.717, 1.165) is 0 Å². The van der Waals surface area contributed by atoms with Crippen molar-refractivity contribution in [1.82, 2.24) is 0 Å². The van der Waals surface area contributed by atoms with Crippen LogP contribution in [0, 0.1) is 0 Å². The summed E-state index contributed by atoms with van der Waals surface area (Å²) in [6, 6.07) is 5.81. The Balaban J connectivity index is 0. The van der Waals surface area contributed by atoms with Gasteiger partial charge in [-0.15, -0.1) is 0 Å². The fraction of sp³-hybridized carbons (Fsp3) is 0. The van der Waals surface area contributed by atoms with Crippen molar-refractivity contribution < 1.29 is 32.4 Å². The SMILES string of the molecule is O=C(O)c1ccccc1O.[Cr].[Na]. The van der Waals surface area contributed by atoms with Gasteiger partial charge in [-0.3, -0.25) is 0 Å². The van der Waals surface area contributed by atoms with E-state index in [1.54, 1.807) is 12.1 Å². The Bertz CT molecular complexity index is 265. The standard InChI is InChI=1S/C7H6O3.Cr.Na/c8-6-4-2-1-3-5(6)7(9)10;;/h1-4,8H,(H,9,10);;.